The van der Waals surface area contributed by atoms with Gasteiger partial charge in [0.15, 0.2) is 0 Å². The summed E-state index contributed by atoms with van der Waals surface area (Å²) in [7, 11) is 0. The zero-order chi connectivity index (χ0) is 12.7. The number of halogens is 2. The van der Waals surface area contributed by atoms with Crippen LogP contribution in [0.3, 0.4) is 0 Å². The van der Waals surface area contributed by atoms with Crippen LogP contribution in [-0.4, -0.2) is 27.2 Å². The normalized spacial score (nSPS) is 12.4. The predicted molar refractivity (Wildman–Crippen MR) is 69.1 cm³/mol. The standard InChI is InChI=1S/C11H17BrFN3O/c1-2-10(12)11(17)15-9-7-14-16(8-9)6-4-3-5-13/h7-8,10H,2-6H2,1H3,(H,15,17). The smallest absolute Gasteiger partial charge is 0.238 e. The van der Waals surface area contributed by atoms with E-state index in [1.54, 1.807) is 17.1 Å². The first-order valence-electron chi connectivity index (χ1n) is 5.70. The fourth-order valence-electron chi connectivity index (χ4n) is 1.32. The maximum atomic E-state index is 11.9. The predicted octanol–water partition coefficient (Wildman–Crippen LogP) is 2.74. The van der Waals surface area contributed by atoms with Crippen molar-refractivity contribution in [3.8, 4) is 0 Å². The first-order chi connectivity index (χ1) is 8.17. The molecule has 0 aliphatic rings. The van der Waals surface area contributed by atoms with Crippen molar-refractivity contribution in [3.63, 3.8) is 0 Å². The number of hydrogen-bond acceptors (Lipinski definition) is 2. The maximum Gasteiger partial charge on any atom is 0.238 e. The summed E-state index contributed by atoms with van der Waals surface area (Å²) in [6, 6.07) is 0. The van der Waals surface area contributed by atoms with Crippen LogP contribution in [0.15, 0.2) is 12.4 Å². The number of carbonyl (C=O) groups excluding carboxylic acids is 1. The summed E-state index contributed by atoms with van der Waals surface area (Å²) in [6.07, 6.45) is 5.38. The Balaban J connectivity index is 2.42. The number of hydrogen-bond donors (Lipinski definition) is 1. The minimum absolute atomic E-state index is 0.0733. The number of nitrogens with zero attached hydrogens (tertiary/aromatic N) is 2. The Morgan fingerprint density at radius 1 is 1.65 bits per heavy atom. The first kappa shape index (κ1) is 14.2. The van der Waals surface area contributed by atoms with Crippen molar-refractivity contribution >= 4 is 27.5 Å². The van der Waals surface area contributed by atoms with Gasteiger partial charge in [0.25, 0.3) is 0 Å². The third-order valence-electron chi connectivity index (χ3n) is 2.31. The van der Waals surface area contributed by atoms with Crippen LogP contribution in [0, 0.1) is 0 Å². The van der Waals surface area contributed by atoms with Gasteiger partial charge in [-0.05, 0) is 19.3 Å². The van der Waals surface area contributed by atoms with Gasteiger partial charge in [0, 0.05) is 12.7 Å². The Labute approximate surface area is 109 Å². The summed E-state index contributed by atoms with van der Waals surface area (Å²) in [6.45, 7) is 2.30. The average Bonchev–Trinajstić information content (AvgIpc) is 2.76. The summed E-state index contributed by atoms with van der Waals surface area (Å²) in [5.41, 5.74) is 0.674. The molecule has 1 N–H and O–H groups in total. The molecule has 1 rings (SSSR count). The number of alkyl halides is 2. The lowest BCUT2D eigenvalue weighted by Crippen LogP contribution is -2.21. The molecule has 0 saturated carbocycles. The number of nitrogens with one attached hydrogen (secondary N) is 1. The minimum Gasteiger partial charge on any atom is -0.322 e. The van der Waals surface area contributed by atoms with E-state index in [1.807, 2.05) is 6.92 Å². The van der Waals surface area contributed by atoms with E-state index in [4.69, 9.17) is 0 Å². The molecule has 6 heteroatoms. The molecule has 0 bridgehead atoms. The van der Waals surface area contributed by atoms with Gasteiger partial charge in [0.1, 0.15) is 0 Å². The lowest BCUT2D eigenvalue weighted by atomic mass is 10.3. The minimum atomic E-state index is -0.299. The Kier molecular flexibility index (Phi) is 6.18. The Hall–Kier alpha value is -0.910. The van der Waals surface area contributed by atoms with E-state index in [9.17, 15) is 9.18 Å². The number of unbranched alkanes of at least 4 members (excludes halogenated alkanes) is 1. The number of rotatable bonds is 7. The number of carbonyl (C=O) groups is 1. The van der Waals surface area contributed by atoms with Crippen molar-refractivity contribution in [1.82, 2.24) is 9.78 Å². The van der Waals surface area contributed by atoms with Crippen molar-refractivity contribution in [2.24, 2.45) is 0 Å². The molecule has 0 radical (unpaired) electrons. The highest BCUT2D eigenvalue weighted by molar-refractivity contribution is 9.10. The zero-order valence-corrected chi connectivity index (χ0v) is 11.4. The van der Waals surface area contributed by atoms with Crippen LogP contribution >= 0.6 is 15.9 Å². The van der Waals surface area contributed by atoms with Crippen LogP contribution in [0.5, 0.6) is 0 Å². The van der Waals surface area contributed by atoms with E-state index in [0.29, 0.717) is 18.7 Å². The molecule has 1 aromatic rings. The van der Waals surface area contributed by atoms with Gasteiger partial charge in [-0.1, -0.05) is 22.9 Å². The SMILES string of the molecule is CCC(Br)C(=O)Nc1cnn(CCCCF)c1. The highest BCUT2D eigenvalue weighted by Crippen LogP contribution is 2.11. The maximum absolute atomic E-state index is 11.9. The summed E-state index contributed by atoms with van der Waals surface area (Å²) in [5.74, 6) is -0.0733. The largest absolute Gasteiger partial charge is 0.322 e. The second kappa shape index (κ2) is 7.42. The topological polar surface area (TPSA) is 46.9 Å². The van der Waals surface area contributed by atoms with Crippen LogP contribution in [0.25, 0.3) is 0 Å². The number of amides is 1. The monoisotopic (exact) mass is 305 g/mol. The second-order valence-corrected chi connectivity index (χ2v) is 4.86. The van der Waals surface area contributed by atoms with Crippen LogP contribution in [-0.2, 0) is 11.3 Å². The molecular weight excluding hydrogens is 289 g/mol. The van der Waals surface area contributed by atoms with Crippen molar-refractivity contribution in [1.29, 1.82) is 0 Å². The fraction of sp³-hybridized carbons (Fsp3) is 0.636. The third kappa shape index (κ3) is 4.85. The molecule has 4 nitrogen and oxygen atoms in total. The Morgan fingerprint density at radius 2 is 2.41 bits per heavy atom. The molecule has 0 saturated heterocycles. The molecule has 96 valence electrons. The van der Waals surface area contributed by atoms with Gasteiger partial charge in [-0.15, -0.1) is 0 Å². The van der Waals surface area contributed by atoms with Crippen molar-refractivity contribution in [3.05, 3.63) is 12.4 Å². The van der Waals surface area contributed by atoms with Crippen molar-refractivity contribution in [2.75, 3.05) is 12.0 Å². The molecule has 0 aliphatic heterocycles. The van der Waals surface area contributed by atoms with Gasteiger partial charge in [-0.3, -0.25) is 13.9 Å². The quantitative estimate of drug-likeness (QED) is 0.622. The molecule has 1 amide bonds. The van der Waals surface area contributed by atoms with Crippen LogP contribution in [0.2, 0.25) is 0 Å². The second-order valence-electron chi connectivity index (χ2n) is 3.75. The first-order valence-corrected chi connectivity index (χ1v) is 6.62. The molecule has 0 aliphatic carbocycles. The van der Waals surface area contributed by atoms with Gasteiger partial charge < -0.3 is 5.32 Å². The van der Waals surface area contributed by atoms with E-state index >= 15 is 0 Å². The van der Waals surface area contributed by atoms with Crippen LogP contribution in [0.1, 0.15) is 26.2 Å². The third-order valence-corrected chi connectivity index (χ3v) is 3.38. The van der Waals surface area contributed by atoms with E-state index in [1.165, 1.54) is 0 Å². The molecule has 1 aromatic heterocycles. The molecule has 1 heterocycles. The van der Waals surface area contributed by atoms with E-state index in [-0.39, 0.29) is 17.4 Å². The highest BCUT2D eigenvalue weighted by atomic mass is 79.9. The van der Waals surface area contributed by atoms with Gasteiger partial charge in [0.05, 0.1) is 23.4 Å². The lowest BCUT2D eigenvalue weighted by molar-refractivity contribution is -0.115. The Bertz CT molecular complexity index is 356. The van der Waals surface area contributed by atoms with Gasteiger partial charge in [-0.2, -0.15) is 5.10 Å². The summed E-state index contributed by atoms with van der Waals surface area (Å²) in [4.78, 5) is 11.4. The molecule has 0 fully saturated rings. The molecule has 0 aromatic carbocycles. The van der Waals surface area contributed by atoms with Gasteiger partial charge >= 0.3 is 0 Å². The Morgan fingerprint density at radius 3 is 3.06 bits per heavy atom. The number of aryl methyl sites for hydroxylation is 1. The van der Waals surface area contributed by atoms with Crippen LogP contribution in [0.4, 0.5) is 10.1 Å². The molecular formula is C11H17BrFN3O. The van der Waals surface area contributed by atoms with E-state index in [0.717, 1.165) is 12.8 Å². The number of aromatic nitrogens is 2. The highest BCUT2D eigenvalue weighted by Gasteiger charge is 2.12. The van der Waals surface area contributed by atoms with E-state index < -0.39 is 0 Å². The van der Waals surface area contributed by atoms with E-state index in [2.05, 4.69) is 26.3 Å². The lowest BCUT2D eigenvalue weighted by Gasteiger charge is -2.06. The zero-order valence-electron chi connectivity index (χ0n) is 9.83. The van der Waals surface area contributed by atoms with Crippen molar-refractivity contribution < 1.29 is 9.18 Å². The summed E-state index contributed by atoms with van der Waals surface area (Å²) in [5, 5.41) is 6.85. The van der Waals surface area contributed by atoms with Crippen molar-refractivity contribution in [2.45, 2.75) is 37.6 Å². The summed E-state index contributed by atoms with van der Waals surface area (Å²) >= 11 is 3.28. The average molecular weight is 306 g/mol. The van der Waals surface area contributed by atoms with Gasteiger partial charge in [0.2, 0.25) is 5.91 Å². The number of anilines is 1. The van der Waals surface area contributed by atoms with Crippen LogP contribution < -0.4 is 5.32 Å². The van der Waals surface area contributed by atoms with Gasteiger partial charge in [-0.25, -0.2) is 0 Å². The molecule has 1 atom stereocenters. The molecule has 1 unspecified atom stereocenters. The molecule has 0 spiro atoms. The summed E-state index contributed by atoms with van der Waals surface area (Å²) < 4.78 is 13.6. The fourth-order valence-corrected chi connectivity index (χ4v) is 1.44. The molecule has 17 heavy (non-hydrogen) atoms.